The molecule has 0 spiro atoms. The van der Waals surface area contributed by atoms with Crippen molar-refractivity contribution in [3.8, 4) is 5.69 Å². The largest absolute Gasteiger partial charge is 0.326 e. The fraction of sp³-hybridized carbons (Fsp3) is 0.111. The molecule has 0 aliphatic carbocycles. The van der Waals surface area contributed by atoms with E-state index in [0.717, 1.165) is 16.1 Å². The number of nitrogens with one attached hydrogen (secondary N) is 1. The summed E-state index contributed by atoms with van der Waals surface area (Å²) in [4.78, 5) is 11.7. The van der Waals surface area contributed by atoms with Crippen molar-refractivity contribution in [3.05, 3.63) is 72.6 Å². The van der Waals surface area contributed by atoms with Crippen LogP contribution in [0, 0.1) is 0 Å². The molecule has 2 aromatic carbocycles. The molecule has 5 nitrogen and oxygen atoms in total. The van der Waals surface area contributed by atoms with E-state index in [4.69, 9.17) is 0 Å². The summed E-state index contributed by atoms with van der Waals surface area (Å²) < 4.78 is 14.2. The van der Waals surface area contributed by atoms with E-state index < -0.39 is 10.8 Å². The second kappa shape index (κ2) is 7.23. The Morgan fingerprint density at radius 2 is 1.83 bits per heavy atom. The number of hydrogen-bond donors (Lipinski definition) is 1. The van der Waals surface area contributed by atoms with E-state index in [-0.39, 0.29) is 5.91 Å². The Balaban J connectivity index is 1.67. The van der Waals surface area contributed by atoms with Crippen molar-refractivity contribution in [1.29, 1.82) is 0 Å². The highest BCUT2D eigenvalue weighted by Crippen LogP contribution is 2.17. The van der Waals surface area contributed by atoms with Gasteiger partial charge in [0.25, 0.3) is 0 Å². The molecule has 3 aromatic rings. The van der Waals surface area contributed by atoms with Crippen LogP contribution in [0.15, 0.2) is 71.9 Å². The van der Waals surface area contributed by atoms with Gasteiger partial charge in [0.15, 0.2) is 0 Å². The average Bonchev–Trinajstić information content (AvgIpc) is 3.10. The molecule has 1 unspecified atom stereocenters. The first-order valence-corrected chi connectivity index (χ1v) is 8.79. The van der Waals surface area contributed by atoms with Gasteiger partial charge in [0.1, 0.15) is 0 Å². The highest BCUT2D eigenvalue weighted by molar-refractivity contribution is 7.84. The number of hydrogen-bond acceptors (Lipinski definition) is 3. The second-order valence-electron chi connectivity index (χ2n) is 5.31. The van der Waals surface area contributed by atoms with Crippen LogP contribution in [-0.4, -0.2) is 19.9 Å². The molecule has 1 aromatic heterocycles. The van der Waals surface area contributed by atoms with Gasteiger partial charge < -0.3 is 5.32 Å². The Hall–Kier alpha value is -2.73. The highest BCUT2D eigenvalue weighted by Gasteiger charge is 2.06. The van der Waals surface area contributed by atoms with Gasteiger partial charge in [-0.3, -0.25) is 9.00 Å². The minimum Gasteiger partial charge on any atom is -0.326 e. The van der Waals surface area contributed by atoms with Gasteiger partial charge in [-0.15, -0.1) is 0 Å². The van der Waals surface area contributed by atoms with Crippen molar-refractivity contribution in [2.24, 2.45) is 0 Å². The Labute approximate surface area is 142 Å². The number of carbonyl (C=O) groups is 1. The van der Waals surface area contributed by atoms with Crippen molar-refractivity contribution in [2.45, 2.75) is 17.6 Å². The van der Waals surface area contributed by atoms with Crippen molar-refractivity contribution in [1.82, 2.24) is 9.78 Å². The molecule has 6 heteroatoms. The van der Waals surface area contributed by atoms with Crippen LogP contribution in [0.25, 0.3) is 5.69 Å². The Kier molecular flexibility index (Phi) is 4.86. The lowest BCUT2D eigenvalue weighted by atomic mass is 10.2. The zero-order valence-electron chi connectivity index (χ0n) is 13.2. The summed E-state index contributed by atoms with van der Waals surface area (Å²) in [7, 11) is -1.13. The molecule has 0 bridgehead atoms. The lowest BCUT2D eigenvalue weighted by Crippen LogP contribution is -2.05. The maximum absolute atomic E-state index is 12.5. The lowest BCUT2D eigenvalue weighted by Gasteiger charge is -2.06. The topological polar surface area (TPSA) is 64.0 Å². The third-order valence-corrected chi connectivity index (χ3v) is 4.83. The average molecular weight is 339 g/mol. The lowest BCUT2D eigenvalue weighted by molar-refractivity contribution is -0.114. The summed E-state index contributed by atoms with van der Waals surface area (Å²) in [5.74, 6) is 0.319. The van der Waals surface area contributed by atoms with Crippen molar-refractivity contribution in [3.63, 3.8) is 0 Å². The molecule has 0 aliphatic heterocycles. The summed E-state index contributed by atoms with van der Waals surface area (Å²) in [5, 5.41) is 6.87. The standard InChI is InChI=1S/C18H17N3O2S/c1-14(22)20-16-5-9-18(10-6-16)24(23)13-15-3-7-17(8-4-15)21-12-2-11-19-21/h2-12H,13H2,1H3,(H,20,22). The molecule has 1 atom stereocenters. The molecule has 1 heterocycles. The molecule has 0 saturated carbocycles. The Morgan fingerprint density at radius 3 is 2.42 bits per heavy atom. The second-order valence-corrected chi connectivity index (χ2v) is 6.76. The number of amides is 1. The van der Waals surface area contributed by atoms with Gasteiger partial charge in [-0.2, -0.15) is 5.10 Å². The smallest absolute Gasteiger partial charge is 0.221 e. The first-order chi connectivity index (χ1) is 11.6. The molecule has 3 rings (SSSR count). The van der Waals surface area contributed by atoms with Crippen molar-refractivity contribution < 1.29 is 9.00 Å². The van der Waals surface area contributed by atoms with E-state index >= 15 is 0 Å². The van der Waals surface area contributed by atoms with Crippen LogP contribution in [0.4, 0.5) is 5.69 Å². The summed E-state index contributed by atoms with van der Waals surface area (Å²) in [6.07, 6.45) is 3.61. The van der Waals surface area contributed by atoms with E-state index in [1.54, 1.807) is 35.1 Å². The van der Waals surface area contributed by atoms with Crippen molar-refractivity contribution in [2.75, 3.05) is 5.32 Å². The Morgan fingerprint density at radius 1 is 1.12 bits per heavy atom. The van der Waals surface area contributed by atoms with Gasteiger partial charge in [-0.25, -0.2) is 4.68 Å². The van der Waals surface area contributed by atoms with Crippen LogP contribution >= 0.6 is 0 Å². The minimum absolute atomic E-state index is 0.124. The van der Waals surface area contributed by atoms with Crippen LogP contribution in [0.2, 0.25) is 0 Å². The third-order valence-electron chi connectivity index (χ3n) is 3.44. The highest BCUT2D eigenvalue weighted by atomic mass is 32.2. The zero-order valence-corrected chi connectivity index (χ0v) is 14.0. The van der Waals surface area contributed by atoms with Crippen LogP contribution in [0.1, 0.15) is 12.5 Å². The molecular formula is C18H17N3O2S. The predicted molar refractivity (Wildman–Crippen MR) is 94.4 cm³/mol. The third kappa shape index (κ3) is 3.97. The van der Waals surface area contributed by atoms with E-state index in [9.17, 15) is 9.00 Å². The number of rotatable bonds is 5. The van der Waals surface area contributed by atoms with E-state index in [1.165, 1.54) is 6.92 Å². The fourth-order valence-corrected chi connectivity index (χ4v) is 3.40. The molecule has 122 valence electrons. The quantitative estimate of drug-likeness (QED) is 0.777. The maximum Gasteiger partial charge on any atom is 0.221 e. The number of aromatic nitrogens is 2. The fourth-order valence-electron chi connectivity index (χ4n) is 2.29. The molecule has 0 fully saturated rings. The molecule has 0 aliphatic rings. The molecule has 0 saturated heterocycles. The maximum atomic E-state index is 12.5. The van der Waals surface area contributed by atoms with Gasteiger partial charge in [-0.05, 0) is 48.0 Å². The van der Waals surface area contributed by atoms with Gasteiger partial charge >= 0.3 is 0 Å². The van der Waals surface area contributed by atoms with Crippen LogP contribution < -0.4 is 5.32 Å². The summed E-state index contributed by atoms with van der Waals surface area (Å²) in [6, 6.07) is 16.8. The molecular weight excluding hydrogens is 322 g/mol. The summed E-state index contributed by atoms with van der Waals surface area (Å²) in [5.41, 5.74) is 2.66. The van der Waals surface area contributed by atoms with Crippen molar-refractivity contribution >= 4 is 22.4 Å². The summed E-state index contributed by atoms with van der Waals surface area (Å²) in [6.45, 7) is 1.46. The van der Waals surface area contributed by atoms with Crippen LogP contribution in [-0.2, 0) is 21.3 Å². The minimum atomic E-state index is -1.13. The summed E-state index contributed by atoms with van der Waals surface area (Å²) >= 11 is 0. The van der Waals surface area contributed by atoms with Gasteiger partial charge in [0.05, 0.1) is 22.2 Å². The predicted octanol–water partition coefficient (Wildman–Crippen LogP) is 3.14. The Bertz CT molecular complexity index is 841. The van der Waals surface area contributed by atoms with Crippen LogP contribution in [0.5, 0.6) is 0 Å². The first kappa shape index (κ1) is 16.1. The SMILES string of the molecule is CC(=O)Nc1ccc(S(=O)Cc2ccc(-n3cccn3)cc2)cc1. The number of benzene rings is 2. The van der Waals surface area contributed by atoms with Gasteiger partial charge in [0, 0.05) is 29.9 Å². The number of anilines is 1. The molecule has 1 amide bonds. The van der Waals surface area contributed by atoms with Gasteiger partial charge in [-0.1, -0.05) is 12.1 Å². The van der Waals surface area contributed by atoms with Gasteiger partial charge in [0.2, 0.25) is 5.91 Å². The zero-order chi connectivity index (χ0) is 16.9. The molecule has 1 N–H and O–H groups in total. The van der Waals surface area contributed by atoms with Crippen LogP contribution in [0.3, 0.4) is 0 Å². The number of nitrogens with zero attached hydrogens (tertiary/aromatic N) is 2. The van der Waals surface area contributed by atoms with E-state index in [2.05, 4.69) is 10.4 Å². The first-order valence-electron chi connectivity index (χ1n) is 7.47. The van der Waals surface area contributed by atoms with E-state index in [1.807, 2.05) is 36.5 Å². The van der Waals surface area contributed by atoms with E-state index in [0.29, 0.717) is 11.4 Å². The molecule has 24 heavy (non-hydrogen) atoms. The monoisotopic (exact) mass is 339 g/mol. The number of carbonyl (C=O) groups excluding carboxylic acids is 1. The normalized spacial score (nSPS) is 11.9. The molecule has 0 radical (unpaired) electrons.